The van der Waals surface area contributed by atoms with Crippen molar-refractivity contribution in [2.75, 3.05) is 0 Å². The molecule has 0 atom stereocenters. The molecule has 1 amide bonds. The number of carboxylic acids is 1. The smallest absolute Gasteiger partial charge is 0.352 e. The minimum Gasteiger partial charge on any atom is -0.477 e. The maximum atomic E-state index is 11.7. The minimum absolute atomic E-state index is 0.0127. The molecule has 18 heavy (non-hydrogen) atoms. The van der Waals surface area contributed by atoms with E-state index in [2.05, 4.69) is 5.32 Å². The van der Waals surface area contributed by atoms with Gasteiger partial charge in [0.05, 0.1) is 0 Å². The number of aromatic nitrogens is 1. The molecule has 0 saturated heterocycles. The maximum absolute atomic E-state index is 11.7. The van der Waals surface area contributed by atoms with E-state index in [-0.39, 0.29) is 18.1 Å². The number of hydrogen-bond acceptors (Lipinski definition) is 3. The second-order valence-electron chi connectivity index (χ2n) is 3.73. The van der Waals surface area contributed by atoms with Crippen molar-refractivity contribution in [2.24, 2.45) is 0 Å². The normalized spacial score (nSPS) is 10.2. The minimum atomic E-state index is -1.04. The Morgan fingerprint density at radius 1 is 1.39 bits per heavy atom. The van der Waals surface area contributed by atoms with Gasteiger partial charge in [0.1, 0.15) is 12.2 Å². The fourth-order valence-electron chi connectivity index (χ4n) is 1.55. The van der Waals surface area contributed by atoms with Crippen LogP contribution >= 0.6 is 11.3 Å². The summed E-state index contributed by atoms with van der Waals surface area (Å²) in [6.07, 6.45) is 1.58. The molecule has 0 unspecified atom stereocenters. The van der Waals surface area contributed by atoms with Crippen molar-refractivity contribution in [2.45, 2.75) is 13.1 Å². The predicted molar refractivity (Wildman–Crippen MR) is 67.6 cm³/mol. The molecule has 0 aliphatic rings. The van der Waals surface area contributed by atoms with Gasteiger partial charge in [0.15, 0.2) is 0 Å². The van der Waals surface area contributed by atoms with Crippen LogP contribution in [0.1, 0.15) is 16.1 Å². The summed E-state index contributed by atoms with van der Waals surface area (Å²) in [4.78, 5) is 22.5. The molecule has 0 spiro atoms. The summed E-state index contributed by atoms with van der Waals surface area (Å²) in [5.41, 5.74) is 1.15. The molecule has 0 radical (unpaired) electrons. The lowest BCUT2D eigenvalue weighted by molar-refractivity contribution is -0.121. The summed E-state index contributed by atoms with van der Waals surface area (Å²) in [7, 11) is 0. The molecule has 0 aliphatic heterocycles. The Bertz CT molecular complexity index is 545. The number of carboxylic acid groups (broad SMARTS) is 1. The molecule has 5 nitrogen and oxygen atoms in total. The molecular formula is C12H12N2O3S. The van der Waals surface area contributed by atoms with E-state index < -0.39 is 5.97 Å². The number of hydrogen-bond donors (Lipinski definition) is 2. The van der Waals surface area contributed by atoms with Crippen molar-refractivity contribution in [3.63, 3.8) is 0 Å². The molecule has 6 heteroatoms. The molecule has 2 aromatic rings. The number of carbonyl (C=O) groups excluding carboxylic acids is 1. The Balaban J connectivity index is 1.91. The van der Waals surface area contributed by atoms with Crippen molar-refractivity contribution in [3.8, 4) is 0 Å². The molecule has 2 heterocycles. The van der Waals surface area contributed by atoms with Gasteiger partial charge in [-0.15, -0.1) is 0 Å². The largest absolute Gasteiger partial charge is 0.477 e. The summed E-state index contributed by atoms with van der Waals surface area (Å²) in [5.74, 6) is -1.24. The molecule has 0 bridgehead atoms. The standard InChI is InChI=1S/C12H12N2O3S/c15-11(13-6-9-3-5-18-8-9)7-14-4-1-2-10(14)12(16)17/h1-5,8H,6-7H2,(H,13,15)(H,16,17). The van der Waals surface area contributed by atoms with E-state index in [0.717, 1.165) is 5.56 Å². The third-order valence-electron chi connectivity index (χ3n) is 2.43. The van der Waals surface area contributed by atoms with Crippen LogP contribution in [-0.4, -0.2) is 21.6 Å². The van der Waals surface area contributed by atoms with Crippen molar-refractivity contribution in [3.05, 3.63) is 46.4 Å². The van der Waals surface area contributed by atoms with Crippen LogP contribution in [0.2, 0.25) is 0 Å². The van der Waals surface area contributed by atoms with Gasteiger partial charge < -0.3 is 15.0 Å². The molecule has 2 aromatic heterocycles. The summed E-state index contributed by atoms with van der Waals surface area (Å²) >= 11 is 1.57. The number of aromatic carboxylic acids is 1. The van der Waals surface area contributed by atoms with Crippen molar-refractivity contribution in [1.82, 2.24) is 9.88 Å². The fourth-order valence-corrected chi connectivity index (χ4v) is 2.22. The number of thiophene rings is 1. The van der Waals surface area contributed by atoms with Gasteiger partial charge in [-0.2, -0.15) is 11.3 Å². The Labute approximate surface area is 108 Å². The first-order valence-electron chi connectivity index (χ1n) is 5.33. The number of carbonyl (C=O) groups is 2. The molecule has 94 valence electrons. The van der Waals surface area contributed by atoms with Crippen LogP contribution < -0.4 is 5.32 Å². The lowest BCUT2D eigenvalue weighted by atomic mass is 10.3. The van der Waals surface area contributed by atoms with Gasteiger partial charge in [-0.05, 0) is 34.5 Å². The lowest BCUT2D eigenvalue weighted by Gasteiger charge is -2.07. The highest BCUT2D eigenvalue weighted by atomic mass is 32.1. The van der Waals surface area contributed by atoms with Crippen LogP contribution in [0.15, 0.2) is 35.2 Å². The van der Waals surface area contributed by atoms with Gasteiger partial charge >= 0.3 is 5.97 Å². The molecule has 0 aromatic carbocycles. The summed E-state index contributed by atoms with van der Waals surface area (Å²) < 4.78 is 1.41. The van der Waals surface area contributed by atoms with Gasteiger partial charge in [0, 0.05) is 12.7 Å². The molecular weight excluding hydrogens is 252 g/mol. The summed E-state index contributed by atoms with van der Waals surface area (Å²) in [5, 5.41) is 15.5. The Hall–Kier alpha value is -2.08. The Morgan fingerprint density at radius 3 is 2.89 bits per heavy atom. The SMILES string of the molecule is O=C(Cn1cccc1C(=O)O)NCc1ccsc1. The highest BCUT2D eigenvalue weighted by molar-refractivity contribution is 7.07. The van der Waals surface area contributed by atoms with E-state index >= 15 is 0 Å². The first-order valence-corrected chi connectivity index (χ1v) is 6.27. The van der Waals surface area contributed by atoms with Gasteiger partial charge in [-0.3, -0.25) is 4.79 Å². The zero-order valence-corrected chi connectivity index (χ0v) is 10.3. The third-order valence-corrected chi connectivity index (χ3v) is 3.16. The van der Waals surface area contributed by atoms with Crippen LogP contribution in [0.3, 0.4) is 0 Å². The van der Waals surface area contributed by atoms with Crippen molar-refractivity contribution < 1.29 is 14.7 Å². The highest BCUT2D eigenvalue weighted by Crippen LogP contribution is 2.05. The molecule has 0 saturated carbocycles. The fraction of sp³-hybridized carbons (Fsp3) is 0.167. The van der Waals surface area contributed by atoms with Gasteiger partial charge in [0.2, 0.25) is 5.91 Å². The number of rotatable bonds is 5. The van der Waals surface area contributed by atoms with Gasteiger partial charge in [-0.25, -0.2) is 4.79 Å². The maximum Gasteiger partial charge on any atom is 0.352 e. The van der Waals surface area contributed by atoms with Gasteiger partial charge in [-0.1, -0.05) is 0 Å². The average molecular weight is 264 g/mol. The summed E-state index contributed by atoms with van der Waals surface area (Å²) in [6, 6.07) is 5.01. The van der Waals surface area contributed by atoms with E-state index in [4.69, 9.17) is 5.11 Å². The van der Waals surface area contributed by atoms with E-state index in [1.54, 1.807) is 23.6 Å². The molecule has 0 fully saturated rings. The number of nitrogens with zero attached hydrogens (tertiary/aromatic N) is 1. The van der Waals surface area contributed by atoms with Crippen LogP contribution in [0.25, 0.3) is 0 Å². The predicted octanol–water partition coefficient (Wildman–Crippen LogP) is 1.56. The zero-order valence-electron chi connectivity index (χ0n) is 9.50. The van der Waals surface area contributed by atoms with Crippen LogP contribution in [0, 0.1) is 0 Å². The Kier molecular flexibility index (Phi) is 3.78. The number of nitrogens with one attached hydrogen (secondary N) is 1. The van der Waals surface area contributed by atoms with Crippen LogP contribution in [0.4, 0.5) is 0 Å². The quantitative estimate of drug-likeness (QED) is 0.861. The van der Waals surface area contributed by atoms with Crippen molar-refractivity contribution >= 4 is 23.2 Å². The highest BCUT2D eigenvalue weighted by Gasteiger charge is 2.11. The lowest BCUT2D eigenvalue weighted by Crippen LogP contribution is -2.27. The van der Waals surface area contributed by atoms with E-state index in [1.165, 1.54) is 10.6 Å². The zero-order chi connectivity index (χ0) is 13.0. The first-order chi connectivity index (χ1) is 8.66. The van der Waals surface area contributed by atoms with Crippen molar-refractivity contribution in [1.29, 1.82) is 0 Å². The number of amides is 1. The molecule has 2 rings (SSSR count). The molecule has 2 N–H and O–H groups in total. The van der Waals surface area contributed by atoms with Crippen LogP contribution in [0.5, 0.6) is 0 Å². The monoisotopic (exact) mass is 264 g/mol. The average Bonchev–Trinajstić information content (AvgIpc) is 2.96. The second kappa shape index (κ2) is 5.50. The van der Waals surface area contributed by atoms with E-state index in [0.29, 0.717) is 6.54 Å². The first kappa shape index (κ1) is 12.4. The van der Waals surface area contributed by atoms with Gasteiger partial charge in [0.25, 0.3) is 0 Å². The molecule has 0 aliphatic carbocycles. The second-order valence-corrected chi connectivity index (χ2v) is 4.51. The van der Waals surface area contributed by atoms with E-state index in [9.17, 15) is 9.59 Å². The van der Waals surface area contributed by atoms with E-state index in [1.807, 2.05) is 16.8 Å². The third kappa shape index (κ3) is 2.98. The topological polar surface area (TPSA) is 71.3 Å². The summed E-state index contributed by atoms with van der Waals surface area (Å²) in [6.45, 7) is 0.477. The Morgan fingerprint density at radius 2 is 2.22 bits per heavy atom. The van der Waals surface area contributed by atoms with Crippen LogP contribution in [-0.2, 0) is 17.9 Å².